The molecule has 2 rings (SSSR count). The molecule has 1 aromatic heterocycles. The van der Waals surface area contributed by atoms with E-state index >= 15 is 0 Å². The van der Waals surface area contributed by atoms with Gasteiger partial charge in [-0.15, -0.1) is 0 Å². The second kappa shape index (κ2) is 4.61. The predicted molar refractivity (Wildman–Crippen MR) is 59.7 cm³/mol. The van der Waals surface area contributed by atoms with Crippen molar-refractivity contribution in [2.75, 3.05) is 13.1 Å². The number of carbonyl (C=O) groups is 2. The first kappa shape index (κ1) is 11.7. The molecule has 1 heterocycles. The molecule has 0 spiro atoms. The molecule has 5 heteroatoms. The van der Waals surface area contributed by atoms with Crippen LogP contribution in [0.1, 0.15) is 29.0 Å². The van der Waals surface area contributed by atoms with E-state index in [-0.39, 0.29) is 12.5 Å². The third-order valence-electron chi connectivity index (χ3n) is 2.88. The maximum Gasteiger partial charge on any atom is 0.323 e. The molecule has 1 amide bonds. The quantitative estimate of drug-likeness (QED) is 0.842. The molecular formula is C12H15NO4. The monoisotopic (exact) mass is 237 g/mol. The van der Waals surface area contributed by atoms with Gasteiger partial charge in [-0.1, -0.05) is 0 Å². The van der Waals surface area contributed by atoms with Gasteiger partial charge in [-0.05, 0) is 31.7 Å². The Morgan fingerprint density at radius 3 is 2.71 bits per heavy atom. The van der Waals surface area contributed by atoms with Gasteiger partial charge in [-0.3, -0.25) is 9.59 Å². The number of carbonyl (C=O) groups excluding carboxylic acids is 1. The summed E-state index contributed by atoms with van der Waals surface area (Å²) in [4.78, 5) is 24.3. The van der Waals surface area contributed by atoms with Crippen LogP contribution in [0.4, 0.5) is 0 Å². The highest BCUT2D eigenvalue weighted by Crippen LogP contribution is 2.30. The number of hydrogen-bond donors (Lipinski definition) is 1. The summed E-state index contributed by atoms with van der Waals surface area (Å²) in [6, 6.07) is 1.58. The zero-order valence-electron chi connectivity index (χ0n) is 9.68. The lowest BCUT2D eigenvalue weighted by Crippen LogP contribution is -2.37. The van der Waals surface area contributed by atoms with Gasteiger partial charge in [0.05, 0.1) is 11.8 Å². The average molecular weight is 237 g/mol. The normalized spacial score (nSPS) is 14.6. The fraction of sp³-hybridized carbons (Fsp3) is 0.500. The number of aryl methyl sites for hydroxylation is 1. The Kier molecular flexibility index (Phi) is 3.17. The summed E-state index contributed by atoms with van der Waals surface area (Å²) in [5, 5.41) is 8.82. The van der Waals surface area contributed by atoms with Crippen LogP contribution in [0.15, 0.2) is 16.7 Å². The SMILES string of the molecule is Cc1occc1C(=O)N(CC(=O)O)CC1CC1. The van der Waals surface area contributed by atoms with Crippen LogP contribution in [0, 0.1) is 12.8 Å². The minimum absolute atomic E-state index is 0.250. The standard InChI is InChI=1S/C12H15NO4/c1-8-10(4-5-17-8)12(16)13(7-11(14)15)6-9-2-3-9/h4-5,9H,2-3,6-7H2,1H3,(H,14,15). The van der Waals surface area contributed by atoms with Crippen molar-refractivity contribution in [2.24, 2.45) is 5.92 Å². The Labute approximate surface area is 99.0 Å². The predicted octanol–water partition coefficient (Wildman–Crippen LogP) is 1.52. The van der Waals surface area contributed by atoms with Gasteiger partial charge >= 0.3 is 5.97 Å². The van der Waals surface area contributed by atoms with Gasteiger partial charge in [-0.25, -0.2) is 0 Å². The molecule has 0 bridgehead atoms. The molecule has 1 saturated carbocycles. The molecule has 0 aromatic carbocycles. The number of rotatable bonds is 5. The van der Waals surface area contributed by atoms with E-state index in [1.807, 2.05) is 0 Å². The summed E-state index contributed by atoms with van der Waals surface area (Å²) in [7, 11) is 0. The van der Waals surface area contributed by atoms with E-state index in [0.29, 0.717) is 23.8 Å². The number of amides is 1. The number of furan rings is 1. The van der Waals surface area contributed by atoms with E-state index in [2.05, 4.69) is 0 Å². The lowest BCUT2D eigenvalue weighted by atomic mass is 10.2. The van der Waals surface area contributed by atoms with Crippen LogP contribution in [0.25, 0.3) is 0 Å². The first-order valence-corrected chi connectivity index (χ1v) is 5.63. The minimum atomic E-state index is -0.986. The van der Waals surface area contributed by atoms with Crippen molar-refractivity contribution in [3.05, 3.63) is 23.7 Å². The molecule has 5 nitrogen and oxygen atoms in total. The molecule has 1 aliphatic carbocycles. The molecule has 0 aliphatic heterocycles. The Hall–Kier alpha value is -1.78. The first-order valence-electron chi connectivity index (χ1n) is 5.63. The topological polar surface area (TPSA) is 70.8 Å². The van der Waals surface area contributed by atoms with Gasteiger partial charge in [0.1, 0.15) is 12.3 Å². The Balaban J connectivity index is 2.10. The molecule has 0 unspecified atom stereocenters. The zero-order chi connectivity index (χ0) is 12.4. The molecule has 1 aromatic rings. The number of hydrogen-bond acceptors (Lipinski definition) is 3. The summed E-state index contributed by atoms with van der Waals surface area (Å²) >= 11 is 0. The van der Waals surface area contributed by atoms with E-state index in [4.69, 9.17) is 9.52 Å². The molecular weight excluding hydrogens is 222 g/mol. The fourth-order valence-electron chi connectivity index (χ4n) is 1.77. The highest BCUT2D eigenvalue weighted by atomic mass is 16.4. The maximum atomic E-state index is 12.1. The number of carboxylic acid groups (broad SMARTS) is 1. The van der Waals surface area contributed by atoms with Crippen molar-refractivity contribution in [2.45, 2.75) is 19.8 Å². The lowest BCUT2D eigenvalue weighted by molar-refractivity contribution is -0.137. The number of carboxylic acids is 1. The molecule has 1 N–H and O–H groups in total. The van der Waals surface area contributed by atoms with E-state index in [9.17, 15) is 9.59 Å². The van der Waals surface area contributed by atoms with Gasteiger partial charge in [0.25, 0.3) is 5.91 Å². The fourth-order valence-corrected chi connectivity index (χ4v) is 1.77. The highest BCUT2D eigenvalue weighted by Gasteiger charge is 2.29. The number of aliphatic carboxylic acids is 1. The van der Waals surface area contributed by atoms with Crippen LogP contribution in [0.2, 0.25) is 0 Å². The minimum Gasteiger partial charge on any atom is -0.480 e. The molecule has 17 heavy (non-hydrogen) atoms. The average Bonchev–Trinajstić information content (AvgIpc) is 2.97. The van der Waals surface area contributed by atoms with Gasteiger partial charge < -0.3 is 14.4 Å². The second-order valence-corrected chi connectivity index (χ2v) is 4.41. The van der Waals surface area contributed by atoms with Gasteiger partial charge in [0, 0.05) is 6.54 Å². The van der Waals surface area contributed by atoms with Crippen molar-refractivity contribution in [1.82, 2.24) is 4.90 Å². The molecule has 1 fully saturated rings. The third-order valence-corrected chi connectivity index (χ3v) is 2.88. The first-order chi connectivity index (χ1) is 8.08. The van der Waals surface area contributed by atoms with Crippen LogP contribution in [-0.2, 0) is 4.79 Å². The van der Waals surface area contributed by atoms with Gasteiger partial charge in [0.15, 0.2) is 0 Å². The molecule has 1 aliphatic rings. The van der Waals surface area contributed by atoms with Crippen molar-refractivity contribution < 1.29 is 19.1 Å². The van der Waals surface area contributed by atoms with Crippen molar-refractivity contribution >= 4 is 11.9 Å². The summed E-state index contributed by atoms with van der Waals surface area (Å²) in [5.41, 5.74) is 0.451. The molecule has 0 radical (unpaired) electrons. The summed E-state index contributed by atoms with van der Waals surface area (Å²) in [6.45, 7) is 1.97. The van der Waals surface area contributed by atoms with Crippen molar-refractivity contribution in [1.29, 1.82) is 0 Å². The third kappa shape index (κ3) is 2.87. The van der Waals surface area contributed by atoms with E-state index in [1.165, 1.54) is 11.2 Å². The lowest BCUT2D eigenvalue weighted by Gasteiger charge is -2.20. The molecule has 92 valence electrons. The van der Waals surface area contributed by atoms with E-state index in [0.717, 1.165) is 12.8 Å². The number of nitrogens with zero attached hydrogens (tertiary/aromatic N) is 1. The van der Waals surface area contributed by atoms with Crippen LogP contribution in [0.5, 0.6) is 0 Å². The molecule has 0 atom stereocenters. The highest BCUT2D eigenvalue weighted by molar-refractivity contribution is 5.96. The van der Waals surface area contributed by atoms with E-state index < -0.39 is 5.97 Å². The summed E-state index contributed by atoms with van der Waals surface area (Å²) < 4.78 is 5.07. The van der Waals surface area contributed by atoms with E-state index in [1.54, 1.807) is 13.0 Å². The maximum absolute atomic E-state index is 12.1. The summed E-state index contributed by atoms with van der Waals surface area (Å²) in [6.07, 6.45) is 3.60. The smallest absolute Gasteiger partial charge is 0.323 e. The molecule has 0 saturated heterocycles. The van der Waals surface area contributed by atoms with Crippen molar-refractivity contribution in [3.8, 4) is 0 Å². The van der Waals surface area contributed by atoms with Gasteiger partial charge in [-0.2, -0.15) is 0 Å². The second-order valence-electron chi connectivity index (χ2n) is 4.41. The largest absolute Gasteiger partial charge is 0.480 e. The summed E-state index contributed by atoms with van der Waals surface area (Å²) in [5.74, 6) is -0.252. The zero-order valence-corrected chi connectivity index (χ0v) is 9.68. The van der Waals surface area contributed by atoms with Crippen LogP contribution in [0.3, 0.4) is 0 Å². The van der Waals surface area contributed by atoms with Crippen LogP contribution < -0.4 is 0 Å². The van der Waals surface area contributed by atoms with Crippen LogP contribution in [-0.4, -0.2) is 35.0 Å². The van der Waals surface area contributed by atoms with Crippen LogP contribution >= 0.6 is 0 Å². The Bertz CT molecular complexity index is 433. The van der Waals surface area contributed by atoms with Crippen molar-refractivity contribution in [3.63, 3.8) is 0 Å². The Morgan fingerprint density at radius 1 is 1.53 bits per heavy atom. The van der Waals surface area contributed by atoms with Gasteiger partial charge in [0.2, 0.25) is 0 Å². The Morgan fingerprint density at radius 2 is 2.24 bits per heavy atom.